The lowest BCUT2D eigenvalue weighted by Gasteiger charge is -2.33. The van der Waals surface area contributed by atoms with E-state index in [0.717, 1.165) is 38.5 Å². The second-order valence-electron chi connectivity index (χ2n) is 5.83. The number of aromatic nitrogens is 2. The van der Waals surface area contributed by atoms with Crippen molar-refractivity contribution in [3.63, 3.8) is 0 Å². The van der Waals surface area contributed by atoms with Gasteiger partial charge in [0.2, 0.25) is 0 Å². The standard InChI is InChI=1S/C15H23N5O/c1-3-19-6-8-20(9-7-19)15(21)13-10-14(17-11(2)16-13)18-12-4-5-12/h10,12H,3-9H2,1-2H3,(H,16,17,18). The van der Waals surface area contributed by atoms with Crippen LogP contribution in [0.1, 0.15) is 36.1 Å². The summed E-state index contributed by atoms with van der Waals surface area (Å²) in [5.41, 5.74) is 0.510. The number of hydrogen-bond acceptors (Lipinski definition) is 5. The van der Waals surface area contributed by atoms with Crippen LogP contribution in [0.25, 0.3) is 0 Å². The number of rotatable bonds is 4. The van der Waals surface area contributed by atoms with Crippen LogP contribution in [0.15, 0.2) is 6.07 Å². The monoisotopic (exact) mass is 289 g/mol. The lowest BCUT2D eigenvalue weighted by Crippen LogP contribution is -2.48. The average molecular weight is 289 g/mol. The summed E-state index contributed by atoms with van der Waals surface area (Å²) in [4.78, 5) is 25.5. The fourth-order valence-electron chi connectivity index (χ4n) is 2.62. The number of amides is 1. The van der Waals surface area contributed by atoms with E-state index in [0.29, 0.717) is 17.6 Å². The molecule has 1 aromatic heterocycles. The van der Waals surface area contributed by atoms with E-state index in [1.54, 1.807) is 6.07 Å². The summed E-state index contributed by atoms with van der Waals surface area (Å²) in [5, 5.41) is 3.34. The Morgan fingerprint density at radius 3 is 2.62 bits per heavy atom. The third-order valence-electron chi connectivity index (χ3n) is 4.09. The second-order valence-corrected chi connectivity index (χ2v) is 5.83. The molecule has 2 heterocycles. The number of nitrogens with one attached hydrogen (secondary N) is 1. The van der Waals surface area contributed by atoms with Gasteiger partial charge in [0.1, 0.15) is 17.3 Å². The largest absolute Gasteiger partial charge is 0.367 e. The SMILES string of the molecule is CCN1CCN(C(=O)c2cc(NC3CC3)nc(C)n2)CC1. The molecule has 1 saturated carbocycles. The summed E-state index contributed by atoms with van der Waals surface area (Å²) in [6.07, 6.45) is 2.37. The van der Waals surface area contributed by atoms with E-state index in [9.17, 15) is 4.79 Å². The molecule has 0 bridgehead atoms. The minimum Gasteiger partial charge on any atom is -0.367 e. The van der Waals surface area contributed by atoms with E-state index >= 15 is 0 Å². The summed E-state index contributed by atoms with van der Waals surface area (Å²) >= 11 is 0. The molecule has 1 aliphatic heterocycles. The van der Waals surface area contributed by atoms with Crippen LogP contribution in [0.5, 0.6) is 0 Å². The molecule has 0 unspecified atom stereocenters. The molecular weight excluding hydrogens is 266 g/mol. The Bertz CT molecular complexity index is 521. The summed E-state index contributed by atoms with van der Waals surface area (Å²) < 4.78 is 0. The Morgan fingerprint density at radius 1 is 1.29 bits per heavy atom. The summed E-state index contributed by atoms with van der Waals surface area (Å²) in [5.74, 6) is 1.45. The molecule has 1 saturated heterocycles. The molecular formula is C15H23N5O. The molecule has 0 radical (unpaired) electrons. The second kappa shape index (κ2) is 5.97. The third-order valence-corrected chi connectivity index (χ3v) is 4.09. The van der Waals surface area contributed by atoms with Crippen LogP contribution in [0.4, 0.5) is 5.82 Å². The molecule has 21 heavy (non-hydrogen) atoms. The predicted octanol–water partition coefficient (Wildman–Crippen LogP) is 1.14. The van der Waals surface area contributed by atoms with Crippen molar-refractivity contribution in [3.05, 3.63) is 17.6 Å². The molecule has 1 aliphatic carbocycles. The maximum Gasteiger partial charge on any atom is 0.272 e. The van der Waals surface area contributed by atoms with E-state index in [-0.39, 0.29) is 5.91 Å². The van der Waals surface area contributed by atoms with Gasteiger partial charge in [0.25, 0.3) is 5.91 Å². The van der Waals surface area contributed by atoms with E-state index in [1.165, 1.54) is 12.8 Å². The highest BCUT2D eigenvalue weighted by atomic mass is 16.2. The molecule has 3 rings (SSSR count). The lowest BCUT2D eigenvalue weighted by molar-refractivity contribution is 0.0637. The Balaban J connectivity index is 1.70. The van der Waals surface area contributed by atoms with Crippen molar-refractivity contribution in [2.75, 3.05) is 38.0 Å². The van der Waals surface area contributed by atoms with Crippen molar-refractivity contribution >= 4 is 11.7 Å². The van der Waals surface area contributed by atoms with E-state index in [2.05, 4.69) is 27.1 Å². The highest BCUT2D eigenvalue weighted by molar-refractivity contribution is 5.93. The van der Waals surface area contributed by atoms with Gasteiger partial charge in [0, 0.05) is 38.3 Å². The van der Waals surface area contributed by atoms with Gasteiger partial charge in [0.15, 0.2) is 0 Å². The first-order valence-electron chi connectivity index (χ1n) is 7.79. The van der Waals surface area contributed by atoms with Gasteiger partial charge in [-0.3, -0.25) is 4.79 Å². The van der Waals surface area contributed by atoms with Crippen molar-refractivity contribution < 1.29 is 4.79 Å². The first kappa shape index (κ1) is 14.3. The molecule has 0 aromatic carbocycles. The smallest absolute Gasteiger partial charge is 0.272 e. The maximum atomic E-state index is 12.6. The zero-order valence-corrected chi connectivity index (χ0v) is 12.8. The number of likely N-dealkylation sites (N-methyl/N-ethyl adjacent to an activating group) is 1. The molecule has 0 spiro atoms. The van der Waals surface area contributed by atoms with Crippen LogP contribution < -0.4 is 5.32 Å². The molecule has 6 nitrogen and oxygen atoms in total. The van der Waals surface area contributed by atoms with Gasteiger partial charge in [-0.15, -0.1) is 0 Å². The minimum absolute atomic E-state index is 0.0232. The lowest BCUT2D eigenvalue weighted by atomic mass is 10.2. The average Bonchev–Trinajstić information content (AvgIpc) is 3.30. The number of nitrogens with zero attached hydrogens (tertiary/aromatic N) is 4. The van der Waals surface area contributed by atoms with Crippen molar-refractivity contribution in [3.8, 4) is 0 Å². The molecule has 2 aliphatic rings. The fraction of sp³-hybridized carbons (Fsp3) is 0.667. The Labute approximate surface area is 125 Å². The molecule has 114 valence electrons. The fourth-order valence-corrected chi connectivity index (χ4v) is 2.62. The van der Waals surface area contributed by atoms with Gasteiger partial charge < -0.3 is 15.1 Å². The zero-order valence-electron chi connectivity index (χ0n) is 12.8. The Hall–Kier alpha value is -1.69. The number of aryl methyl sites for hydroxylation is 1. The van der Waals surface area contributed by atoms with Crippen LogP contribution in [-0.4, -0.2) is 64.4 Å². The van der Waals surface area contributed by atoms with E-state index < -0.39 is 0 Å². The van der Waals surface area contributed by atoms with E-state index in [1.807, 2.05) is 11.8 Å². The van der Waals surface area contributed by atoms with Gasteiger partial charge in [-0.1, -0.05) is 6.92 Å². The van der Waals surface area contributed by atoms with Crippen LogP contribution in [0.2, 0.25) is 0 Å². The van der Waals surface area contributed by atoms with Crippen LogP contribution in [0, 0.1) is 6.92 Å². The van der Waals surface area contributed by atoms with Crippen molar-refractivity contribution in [2.24, 2.45) is 0 Å². The molecule has 1 N–H and O–H groups in total. The highest BCUT2D eigenvalue weighted by Gasteiger charge is 2.25. The third kappa shape index (κ3) is 3.50. The Kier molecular flexibility index (Phi) is 4.05. The number of piperazine rings is 1. The first-order chi connectivity index (χ1) is 10.2. The minimum atomic E-state index is 0.0232. The van der Waals surface area contributed by atoms with Crippen molar-refractivity contribution in [2.45, 2.75) is 32.7 Å². The molecule has 1 amide bonds. The van der Waals surface area contributed by atoms with Gasteiger partial charge in [-0.25, -0.2) is 9.97 Å². The molecule has 1 aromatic rings. The van der Waals surface area contributed by atoms with Gasteiger partial charge in [-0.2, -0.15) is 0 Å². The number of anilines is 1. The summed E-state index contributed by atoms with van der Waals surface area (Å²) in [7, 11) is 0. The van der Waals surface area contributed by atoms with Crippen molar-refractivity contribution in [1.82, 2.24) is 19.8 Å². The maximum absolute atomic E-state index is 12.6. The van der Waals surface area contributed by atoms with Gasteiger partial charge in [0.05, 0.1) is 0 Å². The Morgan fingerprint density at radius 2 is 2.00 bits per heavy atom. The van der Waals surface area contributed by atoms with E-state index in [4.69, 9.17) is 0 Å². The zero-order chi connectivity index (χ0) is 14.8. The van der Waals surface area contributed by atoms with Gasteiger partial charge >= 0.3 is 0 Å². The summed E-state index contributed by atoms with van der Waals surface area (Å²) in [6.45, 7) is 8.48. The van der Waals surface area contributed by atoms with Crippen LogP contribution in [-0.2, 0) is 0 Å². The summed E-state index contributed by atoms with van der Waals surface area (Å²) in [6, 6.07) is 2.31. The number of carbonyl (C=O) groups is 1. The molecule has 0 atom stereocenters. The quantitative estimate of drug-likeness (QED) is 0.900. The highest BCUT2D eigenvalue weighted by Crippen LogP contribution is 2.24. The predicted molar refractivity (Wildman–Crippen MR) is 81.4 cm³/mol. The topological polar surface area (TPSA) is 61.4 Å². The van der Waals surface area contributed by atoms with Crippen LogP contribution in [0.3, 0.4) is 0 Å². The number of hydrogen-bond donors (Lipinski definition) is 1. The van der Waals surface area contributed by atoms with Gasteiger partial charge in [-0.05, 0) is 26.3 Å². The van der Waals surface area contributed by atoms with Crippen LogP contribution >= 0.6 is 0 Å². The normalized spacial score (nSPS) is 19.6. The first-order valence-corrected chi connectivity index (χ1v) is 7.79. The molecule has 6 heteroatoms. The van der Waals surface area contributed by atoms with Crippen molar-refractivity contribution in [1.29, 1.82) is 0 Å². The molecule has 2 fully saturated rings. The number of carbonyl (C=O) groups excluding carboxylic acids is 1.